The van der Waals surface area contributed by atoms with E-state index in [9.17, 15) is 4.79 Å². The van der Waals surface area contributed by atoms with Crippen molar-refractivity contribution in [2.75, 3.05) is 0 Å². The second-order valence-electron chi connectivity index (χ2n) is 8.20. The van der Waals surface area contributed by atoms with E-state index in [0.29, 0.717) is 17.9 Å². The molecule has 7 nitrogen and oxygen atoms in total. The molecule has 2 bridgehead atoms. The highest BCUT2D eigenvalue weighted by Gasteiger charge is 2.43. The molecule has 3 atom stereocenters. The Kier molecular flexibility index (Phi) is 4.39. The van der Waals surface area contributed by atoms with Crippen molar-refractivity contribution >= 4 is 5.91 Å². The lowest BCUT2D eigenvalue weighted by molar-refractivity contribution is -0.126. The topological polar surface area (TPSA) is 84.7 Å². The van der Waals surface area contributed by atoms with Crippen molar-refractivity contribution in [2.24, 2.45) is 5.92 Å². The zero-order valence-electron chi connectivity index (χ0n) is 15.4. The van der Waals surface area contributed by atoms with Crippen LogP contribution in [-0.2, 0) is 4.79 Å². The smallest absolute Gasteiger partial charge is 0.224 e. The van der Waals surface area contributed by atoms with Crippen LogP contribution in [0.15, 0.2) is 30.3 Å². The van der Waals surface area contributed by atoms with Crippen molar-refractivity contribution in [1.29, 1.82) is 0 Å². The monoisotopic (exact) mass is 366 g/mol. The lowest BCUT2D eigenvalue weighted by Crippen LogP contribution is -2.44. The Morgan fingerprint density at radius 2 is 1.89 bits per heavy atom. The quantitative estimate of drug-likeness (QED) is 0.865. The minimum Gasteiger partial charge on any atom is -0.353 e. The number of fused-ring (bicyclic) bond motifs is 2. The third-order valence-electron chi connectivity index (χ3n) is 6.47. The zero-order chi connectivity index (χ0) is 18.2. The average molecular weight is 366 g/mol. The highest BCUT2D eigenvalue weighted by atomic mass is 16.2. The van der Waals surface area contributed by atoms with E-state index in [2.05, 4.69) is 26.0 Å². The highest BCUT2D eigenvalue weighted by Crippen LogP contribution is 2.34. The summed E-state index contributed by atoms with van der Waals surface area (Å²) in [5.41, 5.74) is 0.990. The summed E-state index contributed by atoms with van der Waals surface area (Å²) in [4.78, 5) is 14.4. The molecule has 3 fully saturated rings. The molecule has 0 radical (unpaired) electrons. The summed E-state index contributed by atoms with van der Waals surface area (Å²) in [7, 11) is 0. The Hall–Kier alpha value is -2.28. The molecule has 0 spiro atoms. The second-order valence-corrected chi connectivity index (χ2v) is 8.20. The molecule has 2 N–H and O–H groups in total. The van der Waals surface area contributed by atoms with Gasteiger partial charge in [0.25, 0.3) is 0 Å². The number of nitrogens with zero attached hydrogens (tertiary/aromatic N) is 4. The first-order valence-electron chi connectivity index (χ1n) is 10.2. The number of carbonyl (C=O) groups excluding carboxylic acids is 1. The van der Waals surface area contributed by atoms with Crippen molar-refractivity contribution in [3.05, 3.63) is 30.3 Å². The Labute approximate surface area is 158 Å². The minimum atomic E-state index is 0.173. The van der Waals surface area contributed by atoms with Crippen molar-refractivity contribution in [3.63, 3.8) is 0 Å². The van der Waals surface area contributed by atoms with Gasteiger partial charge in [-0.25, -0.2) is 0 Å². The van der Waals surface area contributed by atoms with Crippen molar-refractivity contribution in [2.45, 2.75) is 69.1 Å². The molecular formula is C20H26N6O. The van der Waals surface area contributed by atoms with Gasteiger partial charge in [0.05, 0.1) is 12.0 Å². The molecule has 142 valence electrons. The highest BCUT2D eigenvalue weighted by molar-refractivity contribution is 5.80. The first-order valence-corrected chi connectivity index (χ1v) is 10.2. The third-order valence-corrected chi connectivity index (χ3v) is 6.47. The third kappa shape index (κ3) is 3.36. The normalized spacial score (nSPS) is 32.5. The van der Waals surface area contributed by atoms with E-state index >= 15 is 0 Å². The van der Waals surface area contributed by atoms with Crippen LogP contribution in [0.3, 0.4) is 0 Å². The molecule has 0 unspecified atom stereocenters. The lowest BCUT2D eigenvalue weighted by Gasteiger charge is -2.30. The molecule has 5 rings (SSSR count). The number of tetrazole rings is 1. The van der Waals surface area contributed by atoms with Gasteiger partial charge in [-0.05, 0) is 50.2 Å². The Morgan fingerprint density at radius 1 is 1.07 bits per heavy atom. The van der Waals surface area contributed by atoms with E-state index in [1.54, 1.807) is 4.80 Å². The van der Waals surface area contributed by atoms with Gasteiger partial charge in [0.1, 0.15) is 0 Å². The number of hydrogen-bond acceptors (Lipinski definition) is 5. The van der Waals surface area contributed by atoms with Crippen LogP contribution in [0.2, 0.25) is 0 Å². The molecule has 1 aromatic heterocycles. The largest absolute Gasteiger partial charge is 0.353 e. The van der Waals surface area contributed by atoms with Crippen molar-refractivity contribution in [1.82, 2.24) is 30.8 Å². The number of aromatic nitrogens is 4. The summed E-state index contributed by atoms with van der Waals surface area (Å²) in [5, 5.41) is 19.9. The van der Waals surface area contributed by atoms with Gasteiger partial charge in [0.2, 0.25) is 11.7 Å². The molecule has 1 aliphatic carbocycles. The van der Waals surface area contributed by atoms with E-state index in [0.717, 1.165) is 44.1 Å². The van der Waals surface area contributed by atoms with Gasteiger partial charge in [0.15, 0.2) is 0 Å². The van der Waals surface area contributed by atoms with Gasteiger partial charge in [0, 0.05) is 23.7 Å². The molecule has 2 aromatic rings. The van der Waals surface area contributed by atoms with Crippen LogP contribution < -0.4 is 10.6 Å². The maximum atomic E-state index is 12.6. The summed E-state index contributed by atoms with van der Waals surface area (Å²) >= 11 is 0. The maximum Gasteiger partial charge on any atom is 0.224 e. The standard InChI is InChI=1S/C20H26N6O/c27-20(17-12-15-8-11-18(17)21-15)22-14-6-9-16(10-7-14)26-24-19(23-25-26)13-4-2-1-3-5-13/h1-5,14-18,21H,6-12H2,(H,22,27)/t14?,15-,16?,17+,18+/m1/s1. The Morgan fingerprint density at radius 3 is 2.59 bits per heavy atom. The van der Waals surface area contributed by atoms with E-state index in [-0.39, 0.29) is 23.9 Å². The van der Waals surface area contributed by atoms with E-state index in [1.165, 1.54) is 6.42 Å². The van der Waals surface area contributed by atoms with Crippen LogP contribution in [0.25, 0.3) is 11.4 Å². The van der Waals surface area contributed by atoms with Gasteiger partial charge in [-0.3, -0.25) is 4.79 Å². The fraction of sp³-hybridized carbons (Fsp3) is 0.600. The molecule has 3 heterocycles. The Balaban J connectivity index is 1.15. The van der Waals surface area contributed by atoms with Crippen LogP contribution in [0.5, 0.6) is 0 Å². The van der Waals surface area contributed by atoms with Crippen molar-refractivity contribution in [3.8, 4) is 11.4 Å². The fourth-order valence-corrected chi connectivity index (χ4v) is 4.96. The molecular weight excluding hydrogens is 340 g/mol. The first-order chi connectivity index (χ1) is 13.3. The van der Waals surface area contributed by atoms with Gasteiger partial charge < -0.3 is 10.6 Å². The van der Waals surface area contributed by atoms with Crippen LogP contribution in [-0.4, -0.2) is 44.2 Å². The van der Waals surface area contributed by atoms with Crippen LogP contribution >= 0.6 is 0 Å². The summed E-state index contributed by atoms with van der Waals surface area (Å²) in [6.07, 6.45) is 7.30. The molecule has 1 aromatic carbocycles. The molecule has 1 amide bonds. The number of nitrogens with one attached hydrogen (secondary N) is 2. The van der Waals surface area contributed by atoms with E-state index in [4.69, 9.17) is 0 Å². The predicted molar refractivity (Wildman–Crippen MR) is 101 cm³/mol. The summed E-state index contributed by atoms with van der Waals surface area (Å²) in [6.45, 7) is 0. The summed E-state index contributed by atoms with van der Waals surface area (Å²) in [5.74, 6) is 1.10. The summed E-state index contributed by atoms with van der Waals surface area (Å²) < 4.78 is 0. The molecule has 2 aliphatic heterocycles. The molecule has 7 heteroatoms. The second kappa shape index (κ2) is 7.03. The van der Waals surface area contributed by atoms with Gasteiger partial charge >= 0.3 is 0 Å². The zero-order valence-corrected chi connectivity index (χ0v) is 15.4. The van der Waals surface area contributed by atoms with Crippen molar-refractivity contribution < 1.29 is 4.79 Å². The molecule has 2 saturated heterocycles. The predicted octanol–water partition coefficient (Wildman–Crippen LogP) is 2.08. The number of benzene rings is 1. The molecule has 1 saturated carbocycles. The summed E-state index contributed by atoms with van der Waals surface area (Å²) in [6, 6.07) is 11.5. The SMILES string of the molecule is O=C(NC1CCC(n2nnc(-c3ccccc3)n2)CC1)[C@H]1C[C@H]2CC[C@@H]1N2. The molecule has 27 heavy (non-hydrogen) atoms. The fourth-order valence-electron chi connectivity index (χ4n) is 4.96. The molecule has 3 aliphatic rings. The van der Waals surface area contributed by atoms with Crippen LogP contribution in [0.4, 0.5) is 0 Å². The number of hydrogen-bond donors (Lipinski definition) is 2. The van der Waals surface area contributed by atoms with E-state index in [1.807, 2.05) is 30.3 Å². The van der Waals surface area contributed by atoms with Gasteiger partial charge in [-0.15, -0.1) is 10.2 Å². The number of amides is 1. The maximum absolute atomic E-state index is 12.6. The lowest BCUT2D eigenvalue weighted by atomic mass is 9.87. The number of carbonyl (C=O) groups is 1. The van der Waals surface area contributed by atoms with Crippen LogP contribution in [0, 0.1) is 5.92 Å². The van der Waals surface area contributed by atoms with Gasteiger partial charge in [-0.2, -0.15) is 4.80 Å². The minimum absolute atomic E-state index is 0.173. The number of rotatable bonds is 4. The van der Waals surface area contributed by atoms with Gasteiger partial charge in [-0.1, -0.05) is 30.3 Å². The Bertz CT molecular complexity index is 798. The van der Waals surface area contributed by atoms with Crippen LogP contribution in [0.1, 0.15) is 51.0 Å². The first kappa shape index (κ1) is 16.9. The average Bonchev–Trinajstić information content (AvgIpc) is 3.46. The van der Waals surface area contributed by atoms with E-state index < -0.39 is 0 Å².